The second-order valence-electron chi connectivity index (χ2n) is 6.07. The number of aromatic nitrogens is 3. The molecule has 1 heterocycles. The zero-order chi connectivity index (χ0) is 20.3. The number of nitrogens with one attached hydrogen (secondary N) is 1. The lowest BCUT2D eigenvalue weighted by Gasteiger charge is -2.10. The fourth-order valence-corrected chi connectivity index (χ4v) is 2.81. The molecular weight excluding hydrogens is 402 g/mol. The summed E-state index contributed by atoms with van der Waals surface area (Å²) in [4.78, 5) is 10.5. The number of hydrogen-bond donors (Lipinski definition) is 1. The first kappa shape index (κ1) is 19.7. The Labute approximate surface area is 170 Å². The first-order chi connectivity index (χ1) is 13.3. The number of ether oxygens (including phenoxy) is 1. The SMILES string of the molecule is CC(C)Oc1cccc(-c2n[nH]c(=S)n2N=Cc2ccc(Cl)c([N+](=O)[O-])c2)c1. The van der Waals surface area contributed by atoms with Gasteiger partial charge in [-0.2, -0.15) is 14.9 Å². The highest BCUT2D eigenvalue weighted by molar-refractivity contribution is 7.71. The van der Waals surface area contributed by atoms with Gasteiger partial charge in [0.2, 0.25) is 4.77 Å². The van der Waals surface area contributed by atoms with E-state index in [1.54, 1.807) is 6.07 Å². The maximum Gasteiger partial charge on any atom is 0.288 e. The molecule has 1 aromatic heterocycles. The van der Waals surface area contributed by atoms with Crippen molar-refractivity contribution in [3.05, 3.63) is 67.9 Å². The Hall–Kier alpha value is -3.04. The Morgan fingerprint density at radius 2 is 2.14 bits per heavy atom. The molecule has 0 saturated carbocycles. The summed E-state index contributed by atoms with van der Waals surface area (Å²) in [6.07, 6.45) is 1.49. The molecule has 28 heavy (non-hydrogen) atoms. The summed E-state index contributed by atoms with van der Waals surface area (Å²) < 4.78 is 7.43. The predicted molar refractivity (Wildman–Crippen MR) is 110 cm³/mol. The van der Waals surface area contributed by atoms with Gasteiger partial charge in [-0.3, -0.25) is 10.1 Å². The largest absolute Gasteiger partial charge is 0.491 e. The molecule has 0 fully saturated rings. The molecule has 2 aromatic carbocycles. The molecule has 3 aromatic rings. The quantitative estimate of drug-likeness (QED) is 0.268. The van der Waals surface area contributed by atoms with Crippen LogP contribution < -0.4 is 4.74 Å². The number of hydrogen-bond acceptors (Lipinski definition) is 6. The van der Waals surface area contributed by atoms with Crippen molar-refractivity contribution in [3.63, 3.8) is 0 Å². The van der Waals surface area contributed by atoms with E-state index in [9.17, 15) is 10.1 Å². The van der Waals surface area contributed by atoms with Gasteiger partial charge < -0.3 is 4.74 Å². The van der Waals surface area contributed by atoms with Crippen molar-refractivity contribution in [1.29, 1.82) is 0 Å². The van der Waals surface area contributed by atoms with Crippen LogP contribution in [0.5, 0.6) is 5.75 Å². The molecule has 144 valence electrons. The van der Waals surface area contributed by atoms with Crippen LogP contribution in [-0.2, 0) is 0 Å². The van der Waals surface area contributed by atoms with Crippen molar-refractivity contribution in [2.45, 2.75) is 20.0 Å². The number of rotatable bonds is 6. The van der Waals surface area contributed by atoms with E-state index >= 15 is 0 Å². The minimum atomic E-state index is -0.547. The van der Waals surface area contributed by atoms with Gasteiger partial charge in [0.05, 0.1) is 17.2 Å². The minimum absolute atomic E-state index is 0.0368. The van der Waals surface area contributed by atoms with Gasteiger partial charge >= 0.3 is 0 Å². The molecule has 0 aliphatic carbocycles. The van der Waals surface area contributed by atoms with E-state index in [0.717, 1.165) is 5.56 Å². The average molecular weight is 418 g/mol. The van der Waals surface area contributed by atoms with Crippen LogP contribution in [0.4, 0.5) is 5.69 Å². The minimum Gasteiger partial charge on any atom is -0.491 e. The van der Waals surface area contributed by atoms with E-state index < -0.39 is 4.92 Å². The van der Waals surface area contributed by atoms with E-state index in [1.807, 2.05) is 38.1 Å². The molecule has 1 N–H and O–H groups in total. The number of aromatic amines is 1. The summed E-state index contributed by atoms with van der Waals surface area (Å²) in [6, 6.07) is 11.8. The zero-order valence-electron chi connectivity index (χ0n) is 15.0. The smallest absolute Gasteiger partial charge is 0.288 e. The van der Waals surface area contributed by atoms with Crippen LogP contribution >= 0.6 is 23.8 Å². The highest BCUT2D eigenvalue weighted by atomic mass is 35.5. The standard InChI is InChI=1S/C18H16ClN5O3S/c1-11(2)27-14-5-3-4-13(9-14)17-21-22-18(28)23(17)20-10-12-6-7-15(19)16(8-12)24(25)26/h3-11H,1-2H3,(H,22,28). The molecule has 0 spiro atoms. The number of H-pyrrole nitrogens is 1. The van der Waals surface area contributed by atoms with E-state index in [-0.39, 0.29) is 21.6 Å². The lowest BCUT2D eigenvalue weighted by atomic mass is 10.2. The maximum absolute atomic E-state index is 11.0. The van der Waals surface area contributed by atoms with Crippen molar-refractivity contribution in [3.8, 4) is 17.1 Å². The molecule has 0 saturated heterocycles. The fourth-order valence-electron chi connectivity index (χ4n) is 2.44. The topological polar surface area (TPSA) is 98.3 Å². The second kappa shape index (κ2) is 8.32. The van der Waals surface area contributed by atoms with Gasteiger partial charge in [0.15, 0.2) is 5.82 Å². The Bertz CT molecular complexity index is 1110. The number of benzene rings is 2. The van der Waals surface area contributed by atoms with E-state index in [2.05, 4.69) is 15.3 Å². The average Bonchev–Trinajstić information content (AvgIpc) is 3.01. The molecule has 8 nitrogen and oxygen atoms in total. The van der Waals surface area contributed by atoms with Crippen LogP contribution in [0.3, 0.4) is 0 Å². The van der Waals surface area contributed by atoms with Gasteiger partial charge in [-0.25, -0.2) is 5.10 Å². The summed E-state index contributed by atoms with van der Waals surface area (Å²) in [5.41, 5.74) is 1.06. The molecule has 0 bridgehead atoms. The van der Waals surface area contributed by atoms with Crippen LogP contribution in [0, 0.1) is 14.9 Å². The molecule has 10 heteroatoms. The predicted octanol–water partition coefficient (Wildman–Crippen LogP) is 4.84. The monoisotopic (exact) mass is 417 g/mol. The normalized spacial score (nSPS) is 11.3. The van der Waals surface area contributed by atoms with Crippen molar-refractivity contribution in [2.24, 2.45) is 5.10 Å². The van der Waals surface area contributed by atoms with Crippen LogP contribution in [0.15, 0.2) is 47.6 Å². The summed E-state index contributed by atoms with van der Waals surface area (Å²) in [7, 11) is 0. The molecule has 0 atom stereocenters. The molecule has 0 unspecified atom stereocenters. The highest BCUT2D eigenvalue weighted by Crippen LogP contribution is 2.25. The second-order valence-corrected chi connectivity index (χ2v) is 6.87. The third kappa shape index (κ3) is 4.44. The van der Waals surface area contributed by atoms with Crippen LogP contribution in [-0.4, -0.2) is 32.1 Å². The number of halogens is 1. The summed E-state index contributed by atoms with van der Waals surface area (Å²) in [6.45, 7) is 3.89. The van der Waals surface area contributed by atoms with Gasteiger partial charge in [0.25, 0.3) is 5.69 Å². The van der Waals surface area contributed by atoms with Gasteiger partial charge in [-0.1, -0.05) is 29.8 Å². The number of nitro benzene ring substituents is 1. The maximum atomic E-state index is 11.0. The van der Waals surface area contributed by atoms with Crippen molar-refractivity contribution < 1.29 is 9.66 Å². The molecule has 0 aliphatic rings. The van der Waals surface area contributed by atoms with Crippen LogP contribution in [0.25, 0.3) is 11.4 Å². The van der Waals surface area contributed by atoms with Gasteiger partial charge in [0.1, 0.15) is 10.8 Å². The first-order valence-electron chi connectivity index (χ1n) is 8.28. The summed E-state index contributed by atoms with van der Waals surface area (Å²) in [5, 5.41) is 22.3. The Morgan fingerprint density at radius 3 is 2.86 bits per heavy atom. The molecule has 0 radical (unpaired) electrons. The third-order valence-corrected chi connectivity index (χ3v) is 4.19. The zero-order valence-corrected chi connectivity index (χ0v) is 16.6. The van der Waals surface area contributed by atoms with Gasteiger partial charge in [-0.15, -0.1) is 0 Å². The van der Waals surface area contributed by atoms with Gasteiger partial charge in [-0.05, 0) is 44.3 Å². The lowest BCUT2D eigenvalue weighted by Crippen LogP contribution is -2.05. The molecule has 0 aliphatic heterocycles. The van der Waals surface area contributed by atoms with Crippen molar-refractivity contribution >= 4 is 35.7 Å². The molecular formula is C18H16ClN5O3S. The van der Waals surface area contributed by atoms with Crippen molar-refractivity contribution in [1.82, 2.24) is 14.9 Å². The molecule has 3 rings (SSSR count). The van der Waals surface area contributed by atoms with Crippen LogP contribution in [0.1, 0.15) is 19.4 Å². The van der Waals surface area contributed by atoms with E-state index in [0.29, 0.717) is 17.1 Å². The Kier molecular flexibility index (Phi) is 5.86. The van der Waals surface area contributed by atoms with E-state index in [1.165, 1.54) is 23.0 Å². The Morgan fingerprint density at radius 1 is 1.36 bits per heavy atom. The highest BCUT2D eigenvalue weighted by Gasteiger charge is 2.13. The third-order valence-electron chi connectivity index (χ3n) is 3.60. The summed E-state index contributed by atoms with van der Waals surface area (Å²) in [5.74, 6) is 1.18. The lowest BCUT2D eigenvalue weighted by molar-refractivity contribution is -0.384. The summed E-state index contributed by atoms with van der Waals surface area (Å²) >= 11 is 11.1. The van der Waals surface area contributed by atoms with Gasteiger partial charge in [0, 0.05) is 17.2 Å². The van der Waals surface area contributed by atoms with Crippen LogP contribution in [0.2, 0.25) is 5.02 Å². The number of nitrogens with zero attached hydrogens (tertiary/aromatic N) is 4. The van der Waals surface area contributed by atoms with Crippen molar-refractivity contribution in [2.75, 3.05) is 0 Å². The van der Waals surface area contributed by atoms with E-state index in [4.69, 9.17) is 28.6 Å². The number of nitro groups is 1. The Balaban J connectivity index is 1.96. The fraction of sp³-hybridized carbons (Fsp3) is 0.167. The molecule has 0 amide bonds. The first-order valence-corrected chi connectivity index (χ1v) is 9.06.